The topological polar surface area (TPSA) is 72.8 Å². The van der Waals surface area contributed by atoms with Gasteiger partial charge in [-0.1, -0.05) is 32.8 Å². The molecule has 0 saturated heterocycles. The number of esters is 2. The minimum Gasteiger partial charge on any atom is -0.454 e. The molecular weight excluding hydrogens is 320 g/mol. The second kappa shape index (κ2) is 5.97. The average Bonchev–Trinajstić information content (AvgIpc) is 2.78. The lowest BCUT2D eigenvalue weighted by atomic mass is 9.52. The van der Waals surface area contributed by atoms with Gasteiger partial charge < -0.3 is 14.6 Å². The van der Waals surface area contributed by atoms with E-state index in [0.29, 0.717) is 29.1 Å². The van der Waals surface area contributed by atoms with E-state index in [1.807, 2.05) is 0 Å². The molecule has 3 rings (SSSR count). The second-order valence-electron chi connectivity index (χ2n) is 8.07. The minimum atomic E-state index is -1.64. The first-order chi connectivity index (χ1) is 11.6. The van der Waals surface area contributed by atoms with Gasteiger partial charge in [-0.15, -0.1) is 0 Å². The number of ether oxygens (including phenoxy) is 2. The van der Waals surface area contributed by atoms with Gasteiger partial charge in [0, 0.05) is 23.0 Å². The van der Waals surface area contributed by atoms with Gasteiger partial charge in [-0.25, -0.2) is 9.59 Å². The Labute approximate surface area is 149 Å². The lowest BCUT2D eigenvalue weighted by molar-refractivity contribution is -0.225. The van der Waals surface area contributed by atoms with E-state index >= 15 is 0 Å². The average molecular weight is 348 g/mol. The molecule has 5 nitrogen and oxygen atoms in total. The van der Waals surface area contributed by atoms with Gasteiger partial charge in [0.25, 0.3) is 0 Å². The highest BCUT2D eigenvalue weighted by atomic mass is 16.7. The van der Waals surface area contributed by atoms with Crippen LogP contribution in [0.15, 0.2) is 22.8 Å². The highest BCUT2D eigenvalue weighted by molar-refractivity contribution is 5.93. The molecule has 0 unspecified atom stereocenters. The van der Waals surface area contributed by atoms with E-state index in [4.69, 9.17) is 9.47 Å². The molecule has 2 aliphatic carbocycles. The molecule has 0 bridgehead atoms. The predicted octanol–water partition coefficient (Wildman–Crippen LogP) is 3.27. The smallest absolute Gasteiger partial charge is 0.336 e. The molecule has 25 heavy (non-hydrogen) atoms. The number of rotatable bonds is 2. The van der Waals surface area contributed by atoms with Crippen LogP contribution >= 0.6 is 0 Å². The van der Waals surface area contributed by atoms with Crippen LogP contribution in [0, 0.1) is 17.3 Å². The van der Waals surface area contributed by atoms with Gasteiger partial charge in [-0.05, 0) is 39.0 Å². The summed E-state index contributed by atoms with van der Waals surface area (Å²) < 4.78 is 11.3. The van der Waals surface area contributed by atoms with Crippen molar-refractivity contribution in [2.75, 3.05) is 0 Å². The van der Waals surface area contributed by atoms with Crippen molar-refractivity contribution in [3.63, 3.8) is 0 Å². The summed E-state index contributed by atoms with van der Waals surface area (Å²) in [6, 6.07) is 0. The zero-order valence-corrected chi connectivity index (χ0v) is 15.7. The molecule has 0 aromatic rings. The maximum Gasteiger partial charge on any atom is 0.336 e. The van der Waals surface area contributed by atoms with Gasteiger partial charge in [0.05, 0.1) is 5.57 Å². The first-order valence-corrected chi connectivity index (χ1v) is 9.16. The SMILES string of the molecule is C/C=C(\C)C(=O)O[C@H]1C2=C(C)C(=O)O[C@]2(O)C[C@H]2CCC[C@H](C)[C@]21C. The summed E-state index contributed by atoms with van der Waals surface area (Å²) in [6.07, 6.45) is 4.48. The number of aliphatic hydroxyl groups is 1. The van der Waals surface area contributed by atoms with Crippen molar-refractivity contribution in [3.8, 4) is 0 Å². The van der Waals surface area contributed by atoms with Crippen LogP contribution in [0.3, 0.4) is 0 Å². The molecule has 138 valence electrons. The van der Waals surface area contributed by atoms with E-state index in [2.05, 4.69) is 13.8 Å². The Hall–Kier alpha value is -1.62. The highest BCUT2D eigenvalue weighted by Crippen LogP contribution is 2.60. The normalized spacial score (nSPS) is 41.1. The lowest BCUT2D eigenvalue weighted by Crippen LogP contribution is -2.59. The van der Waals surface area contributed by atoms with E-state index in [9.17, 15) is 14.7 Å². The fraction of sp³-hybridized carbons (Fsp3) is 0.700. The van der Waals surface area contributed by atoms with E-state index in [1.165, 1.54) is 0 Å². The number of carbonyl (C=O) groups excluding carboxylic acids is 2. The van der Waals surface area contributed by atoms with Gasteiger partial charge in [-0.3, -0.25) is 0 Å². The Bertz CT molecular complexity index is 676. The summed E-state index contributed by atoms with van der Waals surface area (Å²) in [6.45, 7) is 9.45. The van der Waals surface area contributed by atoms with Gasteiger partial charge in [-0.2, -0.15) is 0 Å². The van der Waals surface area contributed by atoms with Crippen molar-refractivity contribution in [2.45, 2.75) is 72.2 Å². The molecule has 0 spiro atoms. The number of fused-ring (bicyclic) bond motifs is 2. The Morgan fingerprint density at radius 3 is 2.72 bits per heavy atom. The van der Waals surface area contributed by atoms with Crippen molar-refractivity contribution in [1.82, 2.24) is 0 Å². The van der Waals surface area contributed by atoms with Crippen molar-refractivity contribution in [3.05, 3.63) is 22.8 Å². The third kappa shape index (κ3) is 2.55. The first-order valence-electron chi connectivity index (χ1n) is 9.16. The summed E-state index contributed by atoms with van der Waals surface area (Å²) in [7, 11) is 0. The molecule has 5 heteroatoms. The quantitative estimate of drug-likeness (QED) is 0.612. The molecular formula is C20H28O5. The summed E-state index contributed by atoms with van der Waals surface area (Å²) in [5.41, 5.74) is 1.01. The zero-order chi connectivity index (χ0) is 18.6. The van der Waals surface area contributed by atoms with Crippen LogP contribution in [0.25, 0.3) is 0 Å². The molecule has 1 aliphatic heterocycles. The van der Waals surface area contributed by atoms with Crippen LogP contribution in [0.4, 0.5) is 0 Å². The molecule has 2 saturated carbocycles. The van der Waals surface area contributed by atoms with E-state index in [1.54, 1.807) is 26.8 Å². The molecule has 0 amide bonds. The summed E-state index contributed by atoms with van der Waals surface area (Å²) in [5.74, 6) is -2.12. The molecule has 3 aliphatic rings. The molecule has 2 fully saturated rings. The van der Waals surface area contributed by atoms with E-state index < -0.39 is 23.8 Å². The molecule has 1 N–H and O–H groups in total. The van der Waals surface area contributed by atoms with E-state index in [-0.39, 0.29) is 11.3 Å². The van der Waals surface area contributed by atoms with Gasteiger partial charge >= 0.3 is 11.9 Å². The maximum atomic E-state index is 12.5. The molecule has 0 aromatic carbocycles. The van der Waals surface area contributed by atoms with Crippen molar-refractivity contribution in [2.24, 2.45) is 17.3 Å². The Balaban J connectivity index is 2.12. The summed E-state index contributed by atoms with van der Waals surface area (Å²) >= 11 is 0. The third-order valence-corrected chi connectivity index (χ3v) is 6.85. The maximum absolute atomic E-state index is 12.5. The highest BCUT2D eigenvalue weighted by Gasteiger charge is 2.64. The number of carbonyl (C=O) groups is 2. The predicted molar refractivity (Wildman–Crippen MR) is 92.3 cm³/mol. The van der Waals surface area contributed by atoms with Crippen LogP contribution in [0.2, 0.25) is 0 Å². The molecule has 5 atom stereocenters. The van der Waals surface area contributed by atoms with Crippen LogP contribution in [-0.2, 0) is 19.1 Å². The fourth-order valence-corrected chi connectivity index (χ4v) is 4.88. The Morgan fingerprint density at radius 2 is 2.08 bits per heavy atom. The second-order valence-corrected chi connectivity index (χ2v) is 8.07. The largest absolute Gasteiger partial charge is 0.454 e. The minimum absolute atomic E-state index is 0.132. The first kappa shape index (κ1) is 18.2. The Kier molecular flexibility index (Phi) is 4.34. The monoisotopic (exact) mass is 348 g/mol. The molecule has 0 aromatic heterocycles. The van der Waals surface area contributed by atoms with Crippen molar-refractivity contribution in [1.29, 1.82) is 0 Å². The van der Waals surface area contributed by atoms with Gasteiger partial charge in [0.1, 0.15) is 6.10 Å². The van der Waals surface area contributed by atoms with Crippen LogP contribution < -0.4 is 0 Å². The summed E-state index contributed by atoms with van der Waals surface area (Å²) in [5, 5.41) is 11.1. The van der Waals surface area contributed by atoms with Crippen molar-refractivity contribution < 1.29 is 24.2 Å². The fourth-order valence-electron chi connectivity index (χ4n) is 4.88. The number of allylic oxidation sites excluding steroid dienone is 1. The third-order valence-electron chi connectivity index (χ3n) is 6.85. The van der Waals surface area contributed by atoms with Crippen LogP contribution in [0.5, 0.6) is 0 Å². The van der Waals surface area contributed by atoms with Crippen molar-refractivity contribution >= 4 is 11.9 Å². The van der Waals surface area contributed by atoms with Crippen LogP contribution in [0.1, 0.15) is 60.3 Å². The van der Waals surface area contributed by atoms with Gasteiger partial charge in [0.2, 0.25) is 5.79 Å². The van der Waals surface area contributed by atoms with E-state index in [0.717, 1.165) is 19.3 Å². The number of hydrogen-bond acceptors (Lipinski definition) is 5. The van der Waals surface area contributed by atoms with Gasteiger partial charge in [0.15, 0.2) is 0 Å². The molecule has 0 radical (unpaired) electrons. The zero-order valence-electron chi connectivity index (χ0n) is 15.7. The summed E-state index contributed by atoms with van der Waals surface area (Å²) in [4.78, 5) is 24.7. The molecule has 1 heterocycles. The van der Waals surface area contributed by atoms with Crippen LogP contribution in [-0.4, -0.2) is 28.9 Å². The lowest BCUT2D eigenvalue weighted by Gasteiger charge is -2.56. The standard InChI is InChI=1S/C20H28O5/c1-6-11(2)17(21)24-16-15-13(4)18(22)25-20(15,23)10-14-9-7-8-12(3)19(14,16)5/h6,12,14,16,23H,7-10H2,1-5H3/b11-6+/t12-,14+,16-,19+,20+/m0/s1. The number of hydrogen-bond donors (Lipinski definition) is 1. The Morgan fingerprint density at radius 1 is 1.40 bits per heavy atom.